The van der Waals surface area contributed by atoms with Gasteiger partial charge in [-0.25, -0.2) is 8.78 Å². The van der Waals surface area contributed by atoms with Gasteiger partial charge in [-0.2, -0.15) is 0 Å². The summed E-state index contributed by atoms with van der Waals surface area (Å²) in [7, 11) is 0. The minimum absolute atomic E-state index is 0.0490. The normalized spacial score (nSPS) is 21.3. The Morgan fingerprint density at radius 2 is 2.00 bits per heavy atom. The number of likely N-dealkylation sites (tertiary alicyclic amines) is 1. The van der Waals surface area contributed by atoms with Crippen LogP contribution in [0.3, 0.4) is 0 Å². The molecule has 0 saturated carbocycles. The highest BCUT2D eigenvalue weighted by Gasteiger charge is 2.36. The van der Waals surface area contributed by atoms with Gasteiger partial charge in [0, 0.05) is 43.3 Å². The fraction of sp³-hybridized carbons (Fsp3) is 0.632. The topological polar surface area (TPSA) is 44.4 Å². The van der Waals surface area contributed by atoms with Gasteiger partial charge in [-0.1, -0.05) is 19.9 Å². The molecule has 0 unspecified atom stereocenters. The summed E-state index contributed by atoms with van der Waals surface area (Å²) in [5.74, 6) is -0.607. The predicted molar refractivity (Wildman–Crippen MR) is 95.1 cm³/mol. The van der Waals surface area contributed by atoms with Crippen molar-refractivity contribution < 1.29 is 13.6 Å². The Kier molecular flexibility index (Phi) is 6.90. The number of hydrogen-bond acceptors (Lipinski definition) is 3. The largest absolute Gasteiger partial charge is 0.353 e. The quantitative estimate of drug-likeness (QED) is 0.792. The molecule has 1 aliphatic heterocycles. The number of hydrogen-bond donors (Lipinski definition) is 2. The summed E-state index contributed by atoms with van der Waals surface area (Å²) in [6, 6.07) is 3.66. The van der Waals surface area contributed by atoms with Crippen LogP contribution in [-0.4, -0.2) is 42.0 Å². The van der Waals surface area contributed by atoms with Crippen LogP contribution < -0.4 is 10.6 Å². The lowest BCUT2D eigenvalue weighted by molar-refractivity contribution is -0.126. The molecule has 2 rings (SSSR count). The highest BCUT2D eigenvalue weighted by atomic mass is 19.1. The zero-order chi connectivity index (χ0) is 18.6. The molecule has 6 heteroatoms. The summed E-state index contributed by atoms with van der Waals surface area (Å²) in [6.07, 6.45) is 0.689. The Balaban J connectivity index is 1.98. The van der Waals surface area contributed by atoms with E-state index in [-0.39, 0.29) is 24.0 Å². The van der Waals surface area contributed by atoms with Crippen molar-refractivity contribution in [3.8, 4) is 0 Å². The van der Waals surface area contributed by atoms with Crippen molar-refractivity contribution in [3.05, 3.63) is 35.4 Å². The van der Waals surface area contributed by atoms with Crippen molar-refractivity contribution in [2.75, 3.05) is 13.1 Å². The van der Waals surface area contributed by atoms with Gasteiger partial charge in [-0.3, -0.25) is 9.69 Å². The molecule has 140 valence electrons. The lowest BCUT2D eigenvalue weighted by Crippen LogP contribution is -2.46. The van der Waals surface area contributed by atoms with E-state index < -0.39 is 11.6 Å². The SMILES string of the molecule is CC(C)CN1C[C@H](NCc2ccc(F)cc2F)C[C@H]1C(=O)NC(C)C. The summed E-state index contributed by atoms with van der Waals surface area (Å²) in [5, 5.41) is 6.30. The van der Waals surface area contributed by atoms with Gasteiger partial charge in [0.1, 0.15) is 11.6 Å². The first-order chi connectivity index (χ1) is 11.8. The Labute approximate surface area is 149 Å². The predicted octanol–water partition coefficient (Wildman–Crippen LogP) is 2.68. The molecule has 25 heavy (non-hydrogen) atoms. The fourth-order valence-corrected chi connectivity index (χ4v) is 3.30. The van der Waals surface area contributed by atoms with E-state index in [1.165, 1.54) is 12.1 Å². The van der Waals surface area contributed by atoms with Crippen molar-refractivity contribution in [2.24, 2.45) is 5.92 Å². The van der Waals surface area contributed by atoms with Gasteiger partial charge in [0.2, 0.25) is 5.91 Å². The third-order valence-electron chi connectivity index (χ3n) is 4.33. The van der Waals surface area contributed by atoms with Crippen molar-refractivity contribution in [3.63, 3.8) is 0 Å². The van der Waals surface area contributed by atoms with E-state index in [1.54, 1.807) is 0 Å². The second-order valence-corrected chi connectivity index (χ2v) is 7.58. The minimum atomic E-state index is -0.573. The van der Waals surface area contributed by atoms with E-state index in [2.05, 4.69) is 29.4 Å². The molecule has 1 heterocycles. The summed E-state index contributed by atoms with van der Waals surface area (Å²) in [5.41, 5.74) is 0.437. The van der Waals surface area contributed by atoms with Crippen LogP contribution in [0.2, 0.25) is 0 Å². The maximum atomic E-state index is 13.8. The molecule has 0 radical (unpaired) electrons. The highest BCUT2D eigenvalue weighted by Crippen LogP contribution is 2.21. The maximum Gasteiger partial charge on any atom is 0.237 e. The fourth-order valence-electron chi connectivity index (χ4n) is 3.30. The van der Waals surface area contributed by atoms with Gasteiger partial charge < -0.3 is 10.6 Å². The lowest BCUT2D eigenvalue weighted by atomic mass is 10.1. The first kappa shape index (κ1) is 19.8. The lowest BCUT2D eigenvalue weighted by Gasteiger charge is -2.25. The summed E-state index contributed by atoms with van der Waals surface area (Å²) in [6.45, 7) is 10.1. The standard InChI is InChI=1S/C19H29F2N3O/c1-12(2)10-24-11-16(8-18(24)19(25)23-13(3)4)22-9-14-5-6-15(20)7-17(14)21/h5-7,12-13,16,18,22H,8-11H2,1-4H3,(H,23,25)/t16-,18+/m1/s1. The molecule has 2 N–H and O–H groups in total. The number of nitrogens with one attached hydrogen (secondary N) is 2. The average molecular weight is 353 g/mol. The van der Waals surface area contributed by atoms with Crippen LogP contribution in [0.4, 0.5) is 8.78 Å². The van der Waals surface area contributed by atoms with Crippen molar-refractivity contribution >= 4 is 5.91 Å². The Morgan fingerprint density at radius 1 is 1.28 bits per heavy atom. The number of nitrogens with zero attached hydrogens (tertiary/aromatic N) is 1. The van der Waals surface area contributed by atoms with Crippen LogP contribution >= 0.6 is 0 Å². The van der Waals surface area contributed by atoms with E-state index in [0.717, 1.165) is 19.2 Å². The van der Waals surface area contributed by atoms with Crippen LogP contribution in [0, 0.1) is 17.6 Å². The van der Waals surface area contributed by atoms with Gasteiger partial charge in [0.25, 0.3) is 0 Å². The number of halogens is 2. The molecule has 0 spiro atoms. The molecule has 1 saturated heterocycles. The monoisotopic (exact) mass is 353 g/mol. The molecular weight excluding hydrogens is 324 g/mol. The molecule has 0 aliphatic carbocycles. The van der Waals surface area contributed by atoms with Crippen LogP contribution in [0.25, 0.3) is 0 Å². The smallest absolute Gasteiger partial charge is 0.237 e. The van der Waals surface area contributed by atoms with Crippen LogP contribution in [0.1, 0.15) is 39.7 Å². The summed E-state index contributed by atoms with van der Waals surface area (Å²) >= 11 is 0. The Morgan fingerprint density at radius 3 is 2.60 bits per heavy atom. The van der Waals surface area contributed by atoms with Gasteiger partial charge in [0.15, 0.2) is 0 Å². The molecule has 0 bridgehead atoms. The van der Waals surface area contributed by atoms with E-state index in [9.17, 15) is 13.6 Å². The number of carbonyl (C=O) groups excluding carboxylic acids is 1. The number of benzene rings is 1. The summed E-state index contributed by atoms with van der Waals surface area (Å²) < 4.78 is 26.8. The van der Waals surface area contributed by atoms with E-state index in [0.29, 0.717) is 24.4 Å². The van der Waals surface area contributed by atoms with Gasteiger partial charge in [0.05, 0.1) is 6.04 Å². The molecule has 1 fully saturated rings. The zero-order valence-electron chi connectivity index (χ0n) is 15.5. The van der Waals surface area contributed by atoms with Crippen molar-refractivity contribution in [1.29, 1.82) is 0 Å². The first-order valence-corrected chi connectivity index (χ1v) is 8.98. The van der Waals surface area contributed by atoms with E-state index in [1.807, 2.05) is 13.8 Å². The van der Waals surface area contributed by atoms with Crippen molar-refractivity contribution in [2.45, 2.75) is 58.8 Å². The third-order valence-corrected chi connectivity index (χ3v) is 4.33. The molecule has 4 nitrogen and oxygen atoms in total. The molecule has 1 aliphatic rings. The molecule has 0 aromatic heterocycles. The molecular formula is C19H29F2N3O. The Hall–Kier alpha value is -1.53. The molecule has 2 atom stereocenters. The second kappa shape index (κ2) is 8.72. The van der Waals surface area contributed by atoms with E-state index >= 15 is 0 Å². The van der Waals surface area contributed by atoms with E-state index in [4.69, 9.17) is 0 Å². The highest BCUT2D eigenvalue weighted by molar-refractivity contribution is 5.82. The molecule has 1 amide bonds. The van der Waals surface area contributed by atoms with Crippen LogP contribution in [0.15, 0.2) is 18.2 Å². The summed E-state index contributed by atoms with van der Waals surface area (Å²) in [4.78, 5) is 14.7. The van der Waals surface area contributed by atoms with Gasteiger partial charge >= 0.3 is 0 Å². The van der Waals surface area contributed by atoms with Gasteiger partial charge in [-0.05, 0) is 32.3 Å². The maximum absolute atomic E-state index is 13.8. The van der Waals surface area contributed by atoms with Gasteiger partial charge in [-0.15, -0.1) is 0 Å². The minimum Gasteiger partial charge on any atom is -0.353 e. The third kappa shape index (κ3) is 5.75. The van der Waals surface area contributed by atoms with Crippen LogP contribution in [0.5, 0.6) is 0 Å². The van der Waals surface area contributed by atoms with Crippen molar-refractivity contribution in [1.82, 2.24) is 15.5 Å². The van der Waals surface area contributed by atoms with Crippen LogP contribution in [-0.2, 0) is 11.3 Å². The second-order valence-electron chi connectivity index (χ2n) is 7.58. The molecule has 1 aromatic carbocycles. The zero-order valence-corrected chi connectivity index (χ0v) is 15.5. The number of carbonyl (C=O) groups is 1. The number of rotatable bonds is 7. The average Bonchev–Trinajstić information content (AvgIpc) is 2.88. The molecule has 1 aromatic rings. The number of amides is 1. The first-order valence-electron chi connectivity index (χ1n) is 8.98. The Bertz CT molecular complexity index is 592.